The van der Waals surface area contributed by atoms with E-state index in [1.807, 2.05) is 43.6 Å². The monoisotopic (exact) mass is 272 g/mol. The molecule has 2 aromatic rings. The van der Waals surface area contributed by atoms with E-state index in [1.165, 1.54) is 0 Å². The molecular formula is C15H20N4O. The second kappa shape index (κ2) is 6.75. The molecule has 0 aliphatic rings. The Hall–Kier alpha value is -2.30. The van der Waals surface area contributed by atoms with E-state index in [1.54, 1.807) is 4.68 Å². The van der Waals surface area contributed by atoms with Gasteiger partial charge in [-0.25, -0.2) is 0 Å². The van der Waals surface area contributed by atoms with Crippen molar-refractivity contribution in [1.29, 1.82) is 0 Å². The van der Waals surface area contributed by atoms with Crippen molar-refractivity contribution >= 4 is 11.6 Å². The van der Waals surface area contributed by atoms with Crippen molar-refractivity contribution in [2.24, 2.45) is 7.05 Å². The normalized spacial score (nSPS) is 10.3. The van der Waals surface area contributed by atoms with E-state index < -0.39 is 0 Å². The van der Waals surface area contributed by atoms with Crippen molar-refractivity contribution in [2.45, 2.75) is 19.9 Å². The highest BCUT2D eigenvalue weighted by Crippen LogP contribution is 2.14. The molecule has 0 saturated heterocycles. The van der Waals surface area contributed by atoms with Crippen LogP contribution in [0.15, 0.2) is 36.5 Å². The molecule has 0 fully saturated rings. The van der Waals surface area contributed by atoms with Gasteiger partial charge in [0.15, 0.2) is 0 Å². The minimum atomic E-state index is -0.0881. The summed E-state index contributed by atoms with van der Waals surface area (Å²) in [5.41, 5.74) is 2.38. The van der Waals surface area contributed by atoms with Gasteiger partial charge in [-0.1, -0.05) is 19.1 Å². The number of para-hydroxylation sites is 1. The summed E-state index contributed by atoms with van der Waals surface area (Å²) < 4.78 is 1.72. The number of anilines is 1. The van der Waals surface area contributed by atoms with Crippen LogP contribution in [-0.2, 0) is 13.6 Å². The summed E-state index contributed by atoms with van der Waals surface area (Å²) in [6, 6.07) is 9.43. The molecule has 5 nitrogen and oxygen atoms in total. The number of hydrogen-bond acceptors (Lipinski definition) is 3. The van der Waals surface area contributed by atoms with Gasteiger partial charge in [-0.05, 0) is 24.6 Å². The first-order valence-electron chi connectivity index (χ1n) is 6.80. The minimum absolute atomic E-state index is 0.0881. The number of nitrogens with one attached hydrogen (secondary N) is 2. The highest BCUT2D eigenvalue weighted by molar-refractivity contribution is 5.99. The zero-order valence-electron chi connectivity index (χ0n) is 11.9. The maximum atomic E-state index is 12.2. The smallest absolute Gasteiger partial charge is 0.253 e. The van der Waals surface area contributed by atoms with E-state index in [2.05, 4.69) is 22.7 Å². The minimum Gasteiger partial charge on any atom is -0.384 e. The molecule has 106 valence electrons. The van der Waals surface area contributed by atoms with Crippen molar-refractivity contribution in [2.75, 3.05) is 11.9 Å². The van der Waals surface area contributed by atoms with E-state index in [0.717, 1.165) is 24.3 Å². The number of amides is 1. The summed E-state index contributed by atoms with van der Waals surface area (Å²) >= 11 is 0. The summed E-state index contributed by atoms with van der Waals surface area (Å²) in [6.07, 6.45) is 2.88. The molecule has 1 amide bonds. The Morgan fingerprint density at radius 3 is 2.80 bits per heavy atom. The number of aryl methyl sites for hydroxylation is 1. The molecule has 5 heteroatoms. The Balaban J connectivity index is 2.01. The highest BCUT2D eigenvalue weighted by Gasteiger charge is 2.10. The number of aromatic nitrogens is 2. The van der Waals surface area contributed by atoms with Gasteiger partial charge in [-0.15, -0.1) is 0 Å². The lowest BCUT2D eigenvalue weighted by atomic mass is 10.1. The molecule has 1 heterocycles. The molecule has 1 aromatic carbocycles. The Morgan fingerprint density at radius 2 is 2.10 bits per heavy atom. The lowest BCUT2D eigenvalue weighted by Crippen LogP contribution is -2.24. The van der Waals surface area contributed by atoms with Gasteiger partial charge in [0.25, 0.3) is 5.91 Å². The van der Waals surface area contributed by atoms with Crippen molar-refractivity contribution < 1.29 is 4.79 Å². The number of carbonyl (C=O) groups excluding carboxylic acids is 1. The number of nitrogens with zero attached hydrogens (tertiary/aromatic N) is 2. The van der Waals surface area contributed by atoms with Crippen LogP contribution in [0.3, 0.4) is 0 Å². The first kappa shape index (κ1) is 14.1. The third-order valence-corrected chi connectivity index (χ3v) is 2.94. The molecule has 0 bridgehead atoms. The van der Waals surface area contributed by atoms with E-state index in [-0.39, 0.29) is 5.91 Å². The molecule has 2 N–H and O–H groups in total. The maximum absolute atomic E-state index is 12.2. The predicted molar refractivity (Wildman–Crippen MR) is 79.6 cm³/mol. The van der Waals surface area contributed by atoms with Gasteiger partial charge in [0.2, 0.25) is 0 Å². The third kappa shape index (κ3) is 3.60. The van der Waals surface area contributed by atoms with E-state index in [9.17, 15) is 4.79 Å². The Bertz CT molecular complexity index is 577. The SMILES string of the molecule is CCCNc1ccccc1C(=O)NCc1ccn(C)n1. The second-order valence-corrected chi connectivity index (χ2v) is 4.64. The van der Waals surface area contributed by atoms with Crippen LogP contribution in [-0.4, -0.2) is 22.2 Å². The second-order valence-electron chi connectivity index (χ2n) is 4.64. The van der Waals surface area contributed by atoms with Crippen LogP contribution in [0.25, 0.3) is 0 Å². The van der Waals surface area contributed by atoms with Crippen LogP contribution in [0.2, 0.25) is 0 Å². The summed E-state index contributed by atoms with van der Waals surface area (Å²) in [5.74, 6) is -0.0881. The zero-order valence-corrected chi connectivity index (χ0v) is 11.9. The number of carbonyl (C=O) groups is 1. The molecule has 20 heavy (non-hydrogen) atoms. The summed E-state index contributed by atoms with van der Waals surface area (Å²) in [7, 11) is 1.86. The highest BCUT2D eigenvalue weighted by atomic mass is 16.1. The lowest BCUT2D eigenvalue weighted by molar-refractivity contribution is 0.0951. The standard InChI is InChI=1S/C15H20N4O/c1-3-9-16-14-7-5-4-6-13(14)15(20)17-11-12-8-10-19(2)18-12/h4-8,10,16H,3,9,11H2,1-2H3,(H,17,20). The molecule has 0 spiro atoms. The summed E-state index contributed by atoms with van der Waals surface area (Å²) in [5, 5.41) is 10.4. The van der Waals surface area contributed by atoms with Gasteiger partial charge >= 0.3 is 0 Å². The van der Waals surface area contributed by atoms with E-state index in [4.69, 9.17) is 0 Å². The number of benzene rings is 1. The molecule has 0 radical (unpaired) electrons. The summed E-state index contributed by atoms with van der Waals surface area (Å²) in [6.45, 7) is 3.38. The predicted octanol–water partition coefficient (Wildman–Crippen LogP) is 2.17. The Kier molecular flexibility index (Phi) is 4.76. The summed E-state index contributed by atoms with van der Waals surface area (Å²) in [4.78, 5) is 12.2. The van der Waals surface area contributed by atoms with Gasteiger partial charge in [0, 0.05) is 25.5 Å². The van der Waals surface area contributed by atoms with Gasteiger partial charge in [-0.2, -0.15) is 5.10 Å². The largest absolute Gasteiger partial charge is 0.384 e. The topological polar surface area (TPSA) is 59.0 Å². The quantitative estimate of drug-likeness (QED) is 0.847. The van der Waals surface area contributed by atoms with E-state index in [0.29, 0.717) is 12.1 Å². The van der Waals surface area contributed by atoms with Gasteiger partial charge in [0.05, 0.1) is 17.8 Å². The fourth-order valence-electron chi connectivity index (χ4n) is 1.92. The number of hydrogen-bond donors (Lipinski definition) is 2. The zero-order chi connectivity index (χ0) is 14.4. The van der Waals surface area contributed by atoms with Crippen molar-refractivity contribution in [3.8, 4) is 0 Å². The fraction of sp³-hybridized carbons (Fsp3) is 0.333. The molecular weight excluding hydrogens is 252 g/mol. The van der Waals surface area contributed by atoms with Crippen molar-refractivity contribution in [3.63, 3.8) is 0 Å². The van der Waals surface area contributed by atoms with Gasteiger partial charge < -0.3 is 10.6 Å². The lowest BCUT2D eigenvalue weighted by Gasteiger charge is -2.11. The molecule has 1 aromatic heterocycles. The van der Waals surface area contributed by atoms with Crippen LogP contribution in [0.1, 0.15) is 29.4 Å². The van der Waals surface area contributed by atoms with Crippen LogP contribution >= 0.6 is 0 Å². The third-order valence-electron chi connectivity index (χ3n) is 2.94. The van der Waals surface area contributed by atoms with Crippen LogP contribution in [0.5, 0.6) is 0 Å². The van der Waals surface area contributed by atoms with Crippen molar-refractivity contribution in [1.82, 2.24) is 15.1 Å². The van der Waals surface area contributed by atoms with Crippen LogP contribution in [0.4, 0.5) is 5.69 Å². The number of rotatable bonds is 6. The maximum Gasteiger partial charge on any atom is 0.253 e. The fourth-order valence-corrected chi connectivity index (χ4v) is 1.92. The van der Waals surface area contributed by atoms with Crippen LogP contribution in [0, 0.1) is 0 Å². The van der Waals surface area contributed by atoms with E-state index >= 15 is 0 Å². The average Bonchev–Trinajstić information content (AvgIpc) is 2.88. The van der Waals surface area contributed by atoms with Gasteiger partial charge in [0.1, 0.15) is 0 Å². The van der Waals surface area contributed by atoms with Gasteiger partial charge in [-0.3, -0.25) is 9.48 Å². The van der Waals surface area contributed by atoms with Crippen molar-refractivity contribution in [3.05, 3.63) is 47.8 Å². The van der Waals surface area contributed by atoms with Crippen LogP contribution < -0.4 is 10.6 Å². The molecule has 0 saturated carbocycles. The molecule has 0 aliphatic carbocycles. The first-order valence-corrected chi connectivity index (χ1v) is 6.80. The first-order chi connectivity index (χ1) is 9.70. The Morgan fingerprint density at radius 1 is 1.30 bits per heavy atom. The molecule has 0 unspecified atom stereocenters. The molecule has 0 atom stereocenters. The Labute approximate surface area is 119 Å². The molecule has 0 aliphatic heterocycles. The average molecular weight is 272 g/mol. The molecule has 2 rings (SSSR count).